The largest absolute Gasteiger partial charge is 0.481 e. The van der Waals surface area contributed by atoms with Gasteiger partial charge in [0.15, 0.2) is 5.60 Å². The van der Waals surface area contributed by atoms with Gasteiger partial charge in [0.2, 0.25) is 17.7 Å². The van der Waals surface area contributed by atoms with Crippen LogP contribution in [0.4, 0.5) is 0 Å². The number of nitrogens with one attached hydrogen (secondary N) is 4. The first-order valence-electron chi connectivity index (χ1n) is 19.3. The van der Waals surface area contributed by atoms with Crippen molar-refractivity contribution >= 4 is 46.3 Å². The number of rotatable bonds is 15. The number of nitrogens with zero attached hydrogens (tertiary/aromatic N) is 2. The molecule has 1 aromatic carbocycles. The highest BCUT2D eigenvalue weighted by Crippen LogP contribution is 2.50. The average molecular weight is 784 g/mol. The maximum absolute atomic E-state index is 12.8. The number of nitrogens with two attached hydrogens (primary N) is 1. The van der Waals surface area contributed by atoms with Gasteiger partial charge in [0.1, 0.15) is 19.4 Å². The molecule has 8 N–H and O–H groups in total. The first-order valence-corrected chi connectivity index (χ1v) is 19.3. The van der Waals surface area contributed by atoms with Crippen molar-refractivity contribution < 1.29 is 43.7 Å². The topological polar surface area (TPSA) is 235 Å². The minimum atomic E-state index is -1.76. The number of aliphatic hydroxyl groups is 1. The monoisotopic (exact) mass is 783 g/mol. The maximum atomic E-state index is 12.8. The third kappa shape index (κ3) is 7.40. The summed E-state index contributed by atoms with van der Waals surface area (Å²) in [7, 11) is 0. The van der Waals surface area contributed by atoms with Crippen LogP contribution in [0.15, 0.2) is 53.9 Å². The van der Waals surface area contributed by atoms with E-state index in [4.69, 9.17) is 25.3 Å². The lowest BCUT2D eigenvalue weighted by Gasteiger charge is -2.39. The summed E-state index contributed by atoms with van der Waals surface area (Å²) in [4.78, 5) is 67.6. The smallest absolute Gasteiger partial charge is 0.343 e. The number of hydrogen-bond donors (Lipinski definition) is 7. The van der Waals surface area contributed by atoms with E-state index < -0.39 is 41.3 Å². The maximum Gasteiger partial charge on any atom is 0.343 e. The first-order chi connectivity index (χ1) is 27.2. The number of esters is 1. The molecule has 4 heterocycles. The van der Waals surface area contributed by atoms with Crippen LogP contribution in [-0.4, -0.2) is 93.9 Å². The highest BCUT2D eigenvalue weighted by atomic mass is 16.6. The van der Waals surface area contributed by atoms with Crippen molar-refractivity contribution in [3.05, 3.63) is 81.9 Å². The van der Waals surface area contributed by atoms with E-state index in [1.54, 1.807) is 6.92 Å². The van der Waals surface area contributed by atoms with Crippen LogP contribution < -0.4 is 27.0 Å². The van der Waals surface area contributed by atoms with Crippen LogP contribution in [0.5, 0.6) is 0 Å². The molecular formula is C41H49N7O9. The van der Waals surface area contributed by atoms with Crippen molar-refractivity contribution in [1.29, 1.82) is 0 Å². The summed E-state index contributed by atoms with van der Waals surface area (Å²) in [5, 5.41) is 32.7. The van der Waals surface area contributed by atoms with E-state index in [-0.39, 0.29) is 63.8 Å². The molecule has 0 bridgehead atoms. The number of allylic oxidation sites excluding steroid dienone is 1. The number of carbonyl (C=O) groups is 5. The van der Waals surface area contributed by atoms with Gasteiger partial charge in [-0.05, 0) is 74.3 Å². The zero-order valence-corrected chi connectivity index (χ0v) is 32.2. The van der Waals surface area contributed by atoms with Crippen LogP contribution in [-0.2, 0) is 46.4 Å². The molecule has 0 saturated heterocycles. The van der Waals surface area contributed by atoms with Crippen LogP contribution in [0.3, 0.4) is 0 Å². The van der Waals surface area contributed by atoms with Crippen LogP contribution in [0.2, 0.25) is 0 Å². The lowest BCUT2D eigenvalue weighted by molar-refractivity contribution is -0.162. The summed E-state index contributed by atoms with van der Waals surface area (Å²) in [6, 6.07) is 3.00. The lowest BCUT2D eigenvalue weighted by Crippen LogP contribution is -2.50. The summed E-state index contributed by atoms with van der Waals surface area (Å²) in [5.41, 5.74) is 13.6. The van der Waals surface area contributed by atoms with E-state index in [9.17, 15) is 29.1 Å². The normalized spacial score (nSPS) is 23.6. The number of carboxylic acid groups (broad SMARTS) is 1. The Labute approximate surface area is 329 Å². The molecule has 0 spiro atoms. The van der Waals surface area contributed by atoms with Gasteiger partial charge in [0, 0.05) is 45.8 Å². The summed E-state index contributed by atoms with van der Waals surface area (Å²) in [6.07, 6.45) is 4.59. The molecular weight excluding hydrogens is 734 g/mol. The Morgan fingerprint density at radius 1 is 1.18 bits per heavy atom. The quantitative estimate of drug-likeness (QED) is 0.101. The summed E-state index contributed by atoms with van der Waals surface area (Å²) in [6.45, 7) is 12.5. The average Bonchev–Trinajstić information content (AvgIpc) is 3.54. The minimum Gasteiger partial charge on any atom is -0.481 e. The van der Waals surface area contributed by atoms with E-state index in [2.05, 4.69) is 58.4 Å². The van der Waals surface area contributed by atoms with Crippen molar-refractivity contribution in [2.45, 2.75) is 89.1 Å². The van der Waals surface area contributed by atoms with Crippen molar-refractivity contribution in [2.75, 3.05) is 26.4 Å². The zero-order chi connectivity index (χ0) is 40.8. The highest BCUT2D eigenvalue weighted by Gasteiger charge is 2.48. The molecule has 7 rings (SSSR count). The number of aromatic nitrogens is 1. The van der Waals surface area contributed by atoms with Gasteiger partial charge in [-0.3, -0.25) is 19.2 Å². The van der Waals surface area contributed by atoms with Crippen molar-refractivity contribution in [1.82, 2.24) is 31.2 Å². The fourth-order valence-corrected chi connectivity index (χ4v) is 8.50. The van der Waals surface area contributed by atoms with E-state index in [0.717, 1.165) is 52.0 Å². The molecule has 0 unspecified atom stereocenters. The number of hydrogen-bond acceptors (Lipinski definition) is 12. The third-order valence-electron chi connectivity index (χ3n) is 11.9. The fourth-order valence-electron chi connectivity index (χ4n) is 8.50. The van der Waals surface area contributed by atoms with Crippen LogP contribution >= 0.6 is 0 Å². The number of ether oxygens (including phenoxy) is 2. The summed E-state index contributed by atoms with van der Waals surface area (Å²) in [5.74, 6) is -3.45. The Kier molecular flexibility index (Phi) is 11.0. The third-order valence-corrected chi connectivity index (χ3v) is 11.9. The van der Waals surface area contributed by atoms with Crippen LogP contribution in [0.25, 0.3) is 16.6 Å². The number of carboxylic acids is 1. The van der Waals surface area contributed by atoms with Crippen molar-refractivity contribution in [2.24, 2.45) is 11.7 Å². The van der Waals surface area contributed by atoms with Gasteiger partial charge < -0.3 is 51.6 Å². The van der Waals surface area contributed by atoms with Crippen LogP contribution in [0, 0.1) is 12.8 Å². The molecule has 57 heavy (non-hydrogen) atoms. The number of fused-ring (bicyclic) bond motifs is 4. The number of aryl methyl sites for hydroxylation is 2. The molecule has 1 fully saturated rings. The highest BCUT2D eigenvalue weighted by molar-refractivity contribution is 5.95. The second-order valence-corrected chi connectivity index (χ2v) is 15.3. The van der Waals surface area contributed by atoms with E-state index in [1.165, 1.54) is 16.7 Å². The lowest BCUT2D eigenvalue weighted by atomic mass is 9.78. The molecule has 3 amide bonds. The second kappa shape index (κ2) is 15.8. The second-order valence-electron chi connectivity index (χ2n) is 15.3. The van der Waals surface area contributed by atoms with E-state index in [1.807, 2.05) is 6.08 Å². The fraction of sp³-hybridized carbons (Fsp3) is 0.463. The first kappa shape index (κ1) is 39.6. The molecule has 16 nitrogen and oxygen atoms in total. The number of benzene rings is 1. The van der Waals surface area contributed by atoms with Crippen molar-refractivity contribution in [3.8, 4) is 0 Å². The van der Waals surface area contributed by atoms with Gasteiger partial charge in [-0.2, -0.15) is 0 Å². The van der Waals surface area contributed by atoms with E-state index >= 15 is 0 Å². The minimum absolute atomic E-state index is 0.0387. The van der Waals surface area contributed by atoms with Gasteiger partial charge in [-0.25, -0.2) is 9.78 Å². The number of carbonyl (C=O) groups excluding carboxylic acids is 4. The Morgan fingerprint density at radius 3 is 2.67 bits per heavy atom. The predicted molar refractivity (Wildman–Crippen MR) is 207 cm³/mol. The summed E-state index contributed by atoms with van der Waals surface area (Å²) >= 11 is 0. The molecule has 16 heteroatoms. The Morgan fingerprint density at radius 2 is 1.95 bits per heavy atom. The van der Waals surface area contributed by atoms with E-state index in [0.29, 0.717) is 30.7 Å². The Hall–Kier alpha value is -5.58. The van der Waals surface area contributed by atoms with Crippen molar-refractivity contribution in [3.63, 3.8) is 0 Å². The van der Waals surface area contributed by atoms with Crippen LogP contribution in [0.1, 0.15) is 79.4 Å². The molecule has 2 aromatic rings. The molecule has 0 radical (unpaired) electrons. The van der Waals surface area contributed by atoms with Gasteiger partial charge in [-0.15, -0.1) is 0 Å². The number of aliphatic carboxylic acids is 1. The number of pyridine rings is 1. The Balaban J connectivity index is 0.980. The molecule has 1 saturated carbocycles. The SMILES string of the molecule is C=C(N[C@H]1CCc2c(C)ccc3nc4c(c1c23)CN1C(=C)C2=C(C=C41)[C@@](O)(CC)C(=O)OC2)C1CC(OCNC(=O)CNC(=O)[C@H](CCC(=O)O)NC(=O)CN)C1. The van der Waals surface area contributed by atoms with Gasteiger partial charge in [0.25, 0.3) is 0 Å². The molecule has 2 aliphatic carbocycles. The molecule has 3 aliphatic heterocycles. The predicted octanol–water partition coefficient (Wildman–Crippen LogP) is 1.61. The molecule has 5 aliphatic rings. The molecule has 1 aromatic heterocycles. The molecule has 302 valence electrons. The van der Waals surface area contributed by atoms with Gasteiger partial charge >= 0.3 is 11.9 Å². The summed E-state index contributed by atoms with van der Waals surface area (Å²) < 4.78 is 11.3. The van der Waals surface area contributed by atoms with Gasteiger partial charge in [-0.1, -0.05) is 26.1 Å². The molecule has 3 atom stereocenters. The van der Waals surface area contributed by atoms with Gasteiger partial charge in [0.05, 0.1) is 48.7 Å². The zero-order valence-electron chi connectivity index (χ0n) is 32.2. The number of cyclic esters (lactones) is 1. The standard InChI is InChI=1S/C41H49N7O9/c1-5-41(55)28-14-32-38-26(17-48(32)22(4)27(28)18-56-40(41)54)37-29(9-7-25-20(2)6-8-30(47-38)36(25)37)45-21(3)23-12-24(13-23)57-19-44-34(50)16-43-39(53)31(10-11-35(51)52)46-33(49)15-42/h6,8,14,23-24,29,31,45,55H,3-5,7,9-13,15-19,42H2,1-2H3,(H,43,53)(H,44,50)(H,46,49)(H,51,52)/t23?,24?,29-,31-,41-/m0/s1. The number of amides is 3. The Bertz CT molecular complexity index is 2160.